The zero-order chi connectivity index (χ0) is 15.7. The molecule has 0 aliphatic heterocycles. The number of aromatic nitrogens is 2. The van der Waals surface area contributed by atoms with E-state index >= 15 is 0 Å². The number of hydrogen-bond donors (Lipinski definition) is 1. The van der Waals surface area contributed by atoms with Crippen LogP contribution in [0.15, 0.2) is 43.0 Å². The largest absolute Gasteiger partial charge is 0.463 e. The van der Waals surface area contributed by atoms with Gasteiger partial charge in [0.1, 0.15) is 0 Å². The third-order valence-corrected chi connectivity index (χ3v) is 2.55. The maximum atomic E-state index is 12.8. The van der Waals surface area contributed by atoms with Crippen LogP contribution in [-0.4, -0.2) is 27.6 Å². The summed E-state index contributed by atoms with van der Waals surface area (Å²) in [7, 11) is 0. The Morgan fingerprint density at radius 2 is 1.90 bits per heavy atom. The highest BCUT2D eigenvalue weighted by molar-refractivity contribution is 5.96. The minimum Gasteiger partial charge on any atom is -0.320 e. The van der Waals surface area contributed by atoms with E-state index in [4.69, 9.17) is 0 Å². The summed E-state index contributed by atoms with van der Waals surface area (Å²) in [4.78, 5) is 14.8. The normalized spacial score (nSPS) is 12.2. The van der Waals surface area contributed by atoms with E-state index in [0.29, 0.717) is 5.69 Å². The number of rotatable bonds is 3. The van der Waals surface area contributed by atoms with Crippen molar-refractivity contribution in [3.8, 4) is 5.69 Å². The molecule has 2 aromatic rings. The number of carbonyl (C=O) groups is 1. The van der Waals surface area contributed by atoms with Crippen LogP contribution in [0.5, 0.6) is 0 Å². The molecule has 4 nitrogen and oxygen atoms in total. The summed E-state index contributed by atoms with van der Waals surface area (Å²) in [6, 6.07) is 5.41. The Morgan fingerprint density at radius 3 is 2.48 bits per heavy atom. The van der Waals surface area contributed by atoms with E-state index in [-0.39, 0.29) is 5.69 Å². The van der Waals surface area contributed by atoms with Crippen LogP contribution in [0, 0.1) is 0 Å². The van der Waals surface area contributed by atoms with E-state index in [9.17, 15) is 26.7 Å². The average molecular weight is 305 g/mol. The standard InChI is InChI=1S/C12H8F5N3O/c13-11(14,12(15,16)17)10(21)19-8-2-1-3-9(6-8)20-5-4-18-7-20/h1-7H,(H,19,21). The molecule has 0 aliphatic carbocycles. The van der Waals surface area contributed by atoms with Gasteiger partial charge in [-0.3, -0.25) is 4.79 Å². The van der Waals surface area contributed by atoms with Crippen LogP contribution < -0.4 is 5.32 Å². The van der Waals surface area contributed by atoms with Crippen LogP contribution in [0.2, 0.25) is 0 Å². The fraction of sp³-hybridized carbons (Fsp3) is 0.167. The molecule has 0 radical (unpaired) electrons. The predicted molar refractivity (Wildman–Crippen MR) is 63.2 cm³/mol. The number of nitrogens with zero attached hydrogens (tertiary/aromatic N) is 2. The monoisotopic (exact) mass is 305 g/mol. The van der Waals surface area contributed by atoms with Gasteiger partial charge in [-0.2, -0.15) is 22.0 Å². The summed E-state index contributed by atoms with van der Waals surface area (Å²) in [5, 5.41) is 1.55. The van der Waals surface area contributed by atoms with Crippen molar-refractivity contribution < 1.29 is 26.7 Å². The smallest absolute Gasteiger partial charge is 0.320 e. The van der Waals surface area contributed by atoms with Crippen molar-refractivity contribution >= 4 is 11.6 Å². The highest BCUT2D eigenvalue weighted by Gasteiger charge is 2.63. The van der Waals surface area contributed by atoms with E-state index in [1.54, 1.807) is 17.6 Å². The van der Waals surface area contributed by atoms with Gasteiger partial charge in [-0.15, -0.1) is 0 Å². The molecule has 1 N–H and O–H groups in total. The summed E-state index contributed by atoms with van der Waals surface area (Å²) in [6.07, 6.45) is -1.53. The van der Waals surface area contributed by atoms with E-state index in [1.807, 2.05) is 0 Å². The molecule has 21 heavy (non-hydrogen) atoms. The van der Waals surface area contributed by atoms with Gasteiger partial charge in [0.05, 0.1) is 6.33 Å². The van der Waals surface area contributed by atoms with Gasteiger partial charge in [-0.1, -0.05) is 6.07 Å². The van der Waals surface area contributed by atoms with Gasteiger partial charge < -0.3 is 9.88 Å². The maximum Gasteiger partial charge on any atom is 0.463 e. The molecule has 0 spiro atoms. The minimum absolute atomic E-state index is 0.185. The molecule has 1 aromatic heterocycles. The number of anilines is 1. The van der Waals surface area contributed by atoms with Crippen LogP contribution in [0.3, 0.4) is 0 Å². The van der Waals surface area contributed by atoms with Crippen molar-refractivity contribution in [1.29, 1.82) is 0 Å². The first kappa shape index (κ1) is 14.9. The molecule has 0 unspecified atom stereocenters. The Morgan fingerprint density at radius 1 is 1.19 bits per heavy atom. The summed E-state index contributed by atoms with van der Waals surface area (Å²) in [5.74, 6) is -7.89. The number of amides is 1. The molecular formula is C12H8F5N3O. The first-order valence-corrected chi connectivity index (χ1v) is 5.56. The van der Waals surface area contributed by atoms with E-state index in [1.165, 1.54) is 35.3 Å². The van der Waals surface area contributed by atoms with Crippen molar-refractivity contribution in [2.24, 2.45) is 0 Å². The van der Waals surface area contributed by atoms with Crippen LogP contribution in [0.4, 0.5) is 27.6 Å². The first-order chi connectivity index (χ1) is 9.72. The van der Waals surface area contributed by atoms with Crippen LogP contribution >= 0.6 is 0 Å². The van der Waals surface area contributed by atoms with E-state index in [0.717, 1.165) is 0 Å². The lowest BCUT2D eigenvalue weighted by Crippen LogP contribution is -2.47. The van der Waals surface area contributed by atoms with Gasteiger partial charge in [0.25, 0.3) is 0 Å². The zero-order valence-corrected chi connectivity index (χ0v) is 10.2. The quantitative estimate of drug-likeness (QED) is 0.886. The Kier molecular flexibility index (Phi) is 3.67. The van der Waals surface area contributed by atoms with Crippen molar-refractivity contribution in [1.82, 2.24) is 9.55 Å². The van der Waals surface area contributed by atoms with E-state index in [2.05, 4.69) is 4.98 Å². The molecule has 0 fully saturated rings. The minimum atomic E-state index is -5.95. The van der Waals surface area contributed by atoms with Crippen molar-refractivity contribution in [3.05, 3.63) is 43.0 Å². The van der Waals surface area contributed by atoms with Crippen LogP contribution in [0.1, 0.15) is 0 Å². The lowest BCUT2D eigenvalue weighted by Gasteiger charge is -2.18. The second-order valence-corrected chi connectivity index (χ2v) is 4.05. The molecular weight excluding hydrogens is 297 g/mol. The SMILES string of the molecule is O=C(Nc1cccc(-n2ccnc2)c1)C(F)(F)C(F)(F)F. The molecule has 0 atom stereocenters. The molecule has 0 aliphatic rings. The van der Waals surface area contributed by atoms with Gasteiger partial charge in [0, 0.05) is 23.8 Å². The molecule has 9 heteroatoms. The number of nitrogens with one attached hydrogen (secondary N) is 1. The van der Waals surface area contributed by atoms with Gasteiger partial charge in [0.2, 0.25) is 0 Å². The van der Waals surface area contributed by atoms with Gasteiger partial charge >= 0.3 is 18.0 Å². The topological polar surface area (TPSA) is 46.9 Å². The Balaban J connectivity index is 2.21. The van der Waals surface area contributed by atoms with Crippen LogP contribution in [0.25, 0.3) is 5.69 Å². The van der Waals surface area contributed by atoms with Crippen molar-refractivity contribution in [3.63, 3.8) is 0 Å². The molecule has 1 amide bonds. The second kappa shape index (κ2) is 5.15. The fourth-order valence-corrected chi connectivity index (χ4v) is 1.49. The fourth-order valence-electron chi connectivity index (χ4n) is 1.49. The Hall–Kier alpha value is -2.45. The average Bonchev–Trinajstić information content (AvgIpc) is 2.91. The number of imidazole rings is 1. The molecule has 0 bridgehead atoms. The maximum absolute atomic E-state index is 12.8. The van der Waals surface area contributed by atoms with Gasteiger partial charge in [-0.25, -0.2) is 4.98 Å². The number of alkyl halides is 5. The molecule has 1 heterocycles. The lowest BCUT2D eigenvalue weighted by atomic mass is 10.2. The van der Waals surface area contributed by atoms with Gasteiger partial charge in [0.15, 0.2) is 0 Å². The van der Waals surface area contributed by atoms with Crippen molar-refractivity contribution in [2.75, 3.05) is 5.32 Å². The van der Waals surface area contributed by atoms with Gasteiger partial charge in [-0.05, 0) is 18.2 Å². The summed E-state index contributed by atoms with van der Waals surface area (Å²) in [6.45, 7) is 0. The molecule has 112 valence electrons. The van der Waals surface area contributed by atoms with E-state index < -0.39 is 18.0 Å². The highest BCUT2D eigenvalue weighted by Crippen LogP contribution is 2.36. The Bertz CT molecular complexity index is 637. The molecule has 1 aromatic carbocycles. The summed E-state index contributed by atoms with van der Waals surface area (Å²) < 4.78 is 63.4. The third kappa shape index (κ3) is 3.01. The number of carbonyl (C=O) groups excluding carboxylic acids is 1. The zero-order valence-electron chi connectivity index (χ0n) is 10.2. The highest BCUT2D eigenvalue weighted by atomic mass is 19.4. The molecule has 2 rings (SSSR count). The van der Waals surface area contributed by atoms with Crippen LogP contribution in [-0.2, 0) is 4.79 Å². The summed E-state index contributed by atoms with van der Waals surface area (Å²) >= 11 is 0. The first-order valence-electron chi connectivity index (χ1n) is 5.56. The van der Waals surface area contributed by atoms with Crippen molar-refractivity contribution in [2.45, 2.75) is 12.1 Å². The number of hydrogen-bond acceptors (Lipinski definition) is 2. The predicted octanol–water partition coefficient (Wildman–Crippen LogP) is 3.01. The Labute approximate surface area is 115 Å². The molecule has 0 saturated heterocycles. The summed E-state index contributed by atoms with van der Waals surface area (Å²) in [5.41, 5.74) is 0.260. The third-order valence-electron chi connectivity index (χ3n) is 2.55. The molecule has 0 saturated carbocycles. The second-order valence-electron chi connectivity index (χ2n) is 4.05. The number of benzene rings is 1. The lowest BCUT2D eigenvalue weighted by molar-refractivity contribution is -0.267. The number of halogens is 5.